The first kappa shape index (κ1) is 18.2. The first-order valence-electron chi connectivity index (χ1n) is 10.0. The lowest BCUT2D eigenvalue weighted by molar-refractivity contribution is 0.336. The van der Waals surface area contributed by atoms with Crippen LogP contribution in [0.4, 0.5) is 11.5 Å². The number of likely N-dealkylation sites (tertiary alicyclic amines) is 1. The maximum Gasteiger partial charge on any atom is 0.134 e. The van der Waals surface area contributed by atoms with Crippen LogP contribution >= 0.6 is 0 Å². The number of pyridine rings is 1. The van der Waals surface area contributed by atoms with Gasteiger partial charge in [-0.3, -0.25) is 0 Å². The Hall–Kier alpha value is -1.62. The minimum absolute atomic E-state index is 0.563. The SMILES string of the molecule is CNc1ncc(NC2CCCCC2)cc1C(=N)CCCN1CCCC1. The average molecular weight is 344 g/mol. The van der Waals surface area contributed by atoms with E-state index in [4.69, 9.17) is 5.41 Å². The molecule has 0 atom stereocenters. The highest BCUT2D eigenvalue weighted by Crippen LogP contribution is 2.24. The fourth-order valence-electron chi connectivity index (χ4n) is 4.08. The molecule has 3 rings (SSSR count). The van der Waals surface area contributed by atoms with Crippen LogP contribution in [0, 0.1) is 5.41 Å². The molecule has 0 unspecified atom stereocenters. The summed E-state index contributed by atoms with van der Waals surface area (Å²) in [4.78, 5) is 7.06. The molecule has 2 heterocycles. The molecular weight excluding hydrogens is 310 g/mol. The van der Waals surface area contributed by atoms with Gasteiger partial charge < -0.3 is 20.9 Å². The van der Waals surface area contributed by atoms with Crippen LogP contribution in [-0.4, -0.2) is 48.3 Å². The molecule has 2 fully saturated rings. The second-order valence-electron chi connectivity index (χ2n) is 7.48. The third-order valence-corrected chi connectivity index (χ3v) is 5.53. The van der Waals surface area contributed by atoms with Crippen molar-refractivity contribution in [2.45, 2.75) is 63.8 Å². The predicted molar refractivity (Wildman–Crippen MR) is 106 cm³/mol. The molecule has 0 spiro atoms. The Bertz CT molecular complexity index is 559. The number of anilines is 2. The number of hydrogen-bond acceptors (Lipinski definition) is 5. The maximum absolute atomic E-state index is 8.54. The lowest BCUT2D eigenvalue weighted by Crippen LogP contribution is -2.23. The number of rotatable bonds is 8. The van der Waals surface area contributed by atoms with Gasteiger partial charge in [0, 0.05) is 24.4 Å². The average Bonchev–Trinajstić information content (AvgIpc) is 3.16. The molecule has 1 aliphatic heterocycles. The minimum atomic E-state index is 0.563. The first-order valence-corrected chi connectivity index (χ1v) is 10.0. The highest BCUT2D eigenvalue weighted by atomic mass is 15.1. The monoisotopic (exact) mass is 343 g/mol. The summed E-state index contributed by atoms with van der Waals surface area (Å²) in [5.41, 5.74) is 2.71. The van der Waals surface area contributed by atoms with Crippen molar-refractivity contribution in [1.29, 1.82) is 5.41 Å². The van der Waals surface area contributed by atoms with Gasteiger partial charge in [-0.25, -0.2) is 4.98 Å². The molecule has 5 heteroatoms. The molecular formula is C20H33N5. The van der Waals surface area contributed by atoms with Crippen LogP contribution in [0.25, 0.3) is 0 Å². The number of aromatic nitrogens is 1. The zero-order valence-electron chi connectivity index (χ0n) is 15.6. The number of nitrogens with zero attached hydrogens (tertiary/aromatic N) is 2. The normalized spacial score (nSPS) is 19.1. The van der Waals surface area contributed by atoms with E-state index in [2.05, 4.69) is 26.6 Å². The summed E-state index contributed by atoms with van der Waals surface area (Å²) in [7, 11) is 1.89. The molecule has 3 N–H and O–H groups in total. The molecule has 1 aliphatic carbocycles. The summed E-state index contributed by atoms with van der Waals surface area (Å²) in [6.07, 6.45) is 12.9. The summed E-state index contributed by atoms with van der Waals surface area (Å²) in [5, 5.41) is 15.3. The van der Waals surface area contributed by atoms with Crippen molar-refractivity contribution in [3.63, 3.8) is 0 Å². The summed E-state index contributed by atoms with van der Waals surface area (Å²) in [6, 6.07) is 2.68. The van der Waals surface area contributed by atoms with E-state index in [0.29, 0.717) is 11.8 Å². The van der Waals surface area contributed by atoms with Crippen LogP contribution in [-0.2, 0) is 0 Å². The highest BCUT2D eigenvalue weighted by Gasteiger charge is 2.16. The molecule has 1 saturated carbocycles. The summed E-state index contributed by atoms with van der Waals surface area (Å²) < 4.78 is 0. The van der Waals surface area contributed by atoms with Crippen molar-refractivity contribution in [2.75, 3.05) is 37.3 Å². The summed E-state index contributed by atoms with van der Waals surface area (Å²) in [6.45, 7) is 3.58. The van der Waals surface area contributed by atoms with Gasteiger partial charge in [-0.1, -0.05) is 19.3 Å². The third-order valence-electron chi connectivity index (χ3n) is 5.53. The summed E-state index contributed by atoms with van der Waals surface area (Å²) in [5.74, 6) is 0.820. The Kier molecular flexibility index (Phi) is 6.68. The van der Waals surface area contributed by atoms with Crippen LogP contribution in [0.1, 0.15) is 63.4 Å². The van der Waals surface area contributed by atoms with Gasteiger partial charge in [0.15, 0.2) is 0 Å². The molecule has 0 aromatic carbocycles. The quantitative estimate of drug-likeness (QED) is 0.622. The molecule has 25 heavy (non-hydrogen) atoms. The van der Waals surface area contributed by atoms with E-state index in [1.807, 2.05) is 13.2 Å². The lowest BCUT2D eigenvalue weighted by atomic mass is 9.95. The fourth-order valence-corrected chi connectivity index (χ4v) is 4.08. The molecule has 2 aliphatic rings. The Morgan fingerprint density at radius 1 is 1.20 bits per heavy atom. The van der Waals surface area contributed by atoms with Crippen LogP contribution < -0.4 is 10.6 Å². The minimum Gasteiger partial charge on any atom is -0.381 e. The molecule has 1 aromatic heterocycles. The van der Waals surface area contributed by atoms with Crippen LogP contribution in [0.3, 0.4) is 0 Å². The van der Waals surface area contributed by atoms with Gasteiger partial charge >= 0.3 is 0 Å². The van der Waals surface area contributed by atoms with Crippen molar-refractivity contribution in [2.24, 2.45) is 0 Å². The third kappa shape index (κ3) is 5.18. The van der Waals surface area contributed by atoms with Crippen LogP contribution in [0.2, 0.25) is 0 Å². The molecule has 0 amide bonds. The van der Waals surface area contributed by atoms with E-state index in [1.165, 1.54) is 58.0 Å². The molecule has 0 radical (unpaired) electrons. The predicted octanol–water partition coefficient (Wildman–Crippen LogP) is 4.11. The van der Waals surface area contributed by atoms with E-state index in [9.17, 15) is 0 Å². The summed E-state index contributed by atoms with van der Waals surface area (Å²) >= 11 is 0. The van der Waals surface area contributed by atoms with Crippen molar-refractivity contribution < 1.29 is 0 Å². The van der Waals surface area contributed by atoms with Crippen molar-refractivity contribution >= 4 is 17.2 Å². The van der Waals surface area contributed by atoms with E-state index in [1.54, 1.807) is 0 Å². The molecule has 1 aromatic rings. The second kappa shape index (κ2) is 9.18. The van der Waals surface area contributed by atoms with Gasteiger partial charge in [-0.05, 0) is 64.2 Å². The van der Waals surface area contributed by atoms with Gasteiger partial charge in [-0.15, -0.1) is 0 Å². The van der Waals surface area contributed by atoms with Gasteiger partial charge in [0.2, 0.25) is 0 Å². The molecule has 1 saturated heterocycles. The zero-order valence-corrected chi connectivity index (χ0v) is 15.6. The Morgan fingerprint density at radius 2 is 1.96 bits per heavy atom. The maximum atomic E-state index is 8.54. The van der Waals surface area contributed by atoms with Crippen molar-refractivity contribution in [1.82, 2.24) is 9.88 Å². The number of hydrogen-bond donors (Lipinski definition) is 3. The zero-order chi connectivity index (χ0) is 17.5. The van der Waals surface area contributed by atoms with Crippen molar-refractivity contribution in [3.05, 3.63) is 17.8 Å². The van der Waals surface area contributed by atoms with Crippen LogP contribution in [0.5, 0.6) is 0 Å². The van der Waals surface area contributed by atoms with Gasteiger partial charge in [0.25, 0.3) is 0 Å². The number of nitrogens with one attached hydrogen (secondary N) is 3. The van der Waals surface area contributed by atoms with E-state index < -0.39 is 0 Å². The van der Waals surface area contributed by atoms with Crippen molar-refractivity contribution in [3.8, 4) is 0 Å². The Balaban J connectivity index is 1.58. The molecule has 138 valence electrons. The Morgan fingerprint density at radius 3 is 2.68 bits per heavy atom. The highest BCUT2D eigenvalue weighted by molar-refractivity contribution is 6.03. The standard InChI is InChI=1S/C20H33N5/c1-22-20-18(19(21)10-7-13-25-11-5-6-12-25)14-17(15-23-20)24-16-8-3-2-4-9-16/h14-16,21,24H,2-13H2,1H3,(H,22,23). The van der Waals surface area contributed by atoms with Crippen LogP contribution in [0.15, 0.2) is 12.3 Å². The fraction of sp³-hybridized carbons (Fsp3) is 0.700. The van der Waals surface area contributed by atoms with E-state index >= 15 is 0 Å². The van der Waals surface area contributed by atoms with Gasteiger partial charge in [0.05, 0.1) is 11.9 Å². The van der Waals surface area contributed by atoms with Gasteiger partial charge in [0.1, 0.15) is 5.82 Å². The smallest absolute Gasteiger partial charge is 0.134 e. The topological polar surface area (TPSA) is 64.0 Å². The lowest BCUT2D eigenvalue weighted by Gasteiger charge is -2.24. The Labute approximate surface area is 152 Å². The second-order valence-corrected chi connectivity index (χ2v) is 7.48. The molecule has 5 nitrogen and oxygen atoms in total. The first-order chi connectivity index (χ1) is 12.3. The van der Waals surface area contributed by atoms with E-state index in [0.717, 1.165) is 36.5 Å². The largest absolute Gasteiger partial charge is 0.381 e. The molecule has 0 bridgehead atoms. The van der Waals surface area contributed by atoms with Gasteiger partial charge in [-0.2, -0.15) is 0 Å². The van der Waals surface area contributed by atoms with E-state index in [-0.39, 0.29) is 0 Å².